The molecule has 0 N–H and O–H groups in total. The van der Waals surface area contributed by atoms with Crippen LogP contribution in [-0.2, 0) is 4.74 Å². The molecular weight excluding hydrogens is 507 g/mol. The summed E-state index contributed by atoms with van der Waals surface area (Å²) in [6, 6.07) is 28.3. The third-order valence-electron chi connectivity index (χ3n) is 5.69. The Labute approximate surface area is 225 Å². The first-order chi connectivity index (χ1) is 17.7. The second-order valence-corrected chi connectivity index (χ2v) is 11.9. The van der Waals surface area contributed by atoms with Gasteiger partial charge >= 0.3 is 0 Å². The van der Waals surface area contributed by atoms with Gasteiger partial charge in [-0.3, -0.25) is 9.59 Å². The van der Waals surface area contributed by atoms with Crippen molar-refractivity contribution in [1.29, 1.82) is 0 Å². The molecule has 3 aromatic carbocycles. The zero-order valence-electron chi connectivity index (χ0n) is 20.0. The second-order valence-electron chi connectivity index (χ2n) is 8.44. The van der Waals surface area contributed by atoms with E-state index in [2.05, 4.69) is 0 Å². The monoisotopic (exact) mass is 535 g/mol. The maximum absolute atomic E-state index is 13.1. The van der Waals surface area contributed by atoms with Crippen LogP contribution >= 0.6 is 35.5 Å². The first-order valence-corrected chi connectivity index (χ1v) is 14.7. The number of hydrogen-bond acceptors (Lipinski definition) is 7. The fourth-order valence-electron chi connectivity index (χ4n) is 3.84. The van der Waals surface area contributed by atoms with Crippen LogP contribution in [0.3, 0.4) is 0 Å². The van der Waals surface area contributed by atoms with E-state index < -0.39 is 0 Å². The molecule has 0 aromatic heterocycles. The lowest BCUT2D eigenvalue weighted by atomic mass is 9.98. The lowest BCUT2D eigenvalue weighted by Gasteiger charge is -2.25. The zero-order chi connectivity index (χ0) is 25.0. The van der Waals surface area contributed by atoms with Gasteiger partial charge in [-0.2, -0.15) is 4.40 Å². The Morgan fingerprint density at radius 3 is 1.78 bits per heavy atom. The van der Waals surface area contributed by atoms with Crippen LogP contribution in [-0.4, -0.2) is 26.8 Å². The van der Waals surface area contributed by atoms with Crippen LogP contribution in [0.5, 0.6) is 0 Å². The van der Waals surface area contributed by atoms with Gasteiger partial charge in [0.05, 0.1) is 4.58 Å². The van der Waals surface area contributed by atoms with E-state index in [1.807, 2.05) is 66.7 Å². The average molecular weight is 536 g/mol. The number of benzene rings is 3. The van der Waals surface area contributed by atoms with Crippen LogP contribution in [0.15, 0.2) is 100 Å². The van der Waals surface area contributed by atoms with Crippen LogP contribution in [0.1, 0.15) is 59.2 Å². The summed E-state index contributed by atoms with van der Waals surface area (Å²) in [6.45, 7) is 0. The molecule has 0 saturated heterocycles. The summed E-state index contributed by atoms with van der Waals surface area (Å²) in [5, 5.41) is -0.136. The molecule has 186 valence electrons. The molecule has 3 aromatic rings. The Kier molecular flexibility index (Phi) is 10.6. The normalized spacial score (nSPS) is 14.5. The summed E-state index contributed by atoms with van der Waals surface area (Å²) in [6.07, 6.45) is 6.04. The molecule has 0 heterocycles. The molecule has 4 nitrogen and oxygen atoms in total. The largest absolute Gasteiger partial charge is 0.477 e. The summed E-state index contributed by atoms with van der Waals surface area (Å²) in [7, 11) is 0. The van der Waals surface area contributed by atoms with Gasteiger partial charge in [0.2, 0.25) is 10.2 Å². The molecule has 0 atom stereocenters. The lowest BCUT2D eigenvalue weighted by molar-refractivity contribution is 0.108. The lowest BCUT2D eigenvalue weighted by Crippen LogP contribution is -2.23. The van der Waals surface area contributed by atoms with Gasteiger partial charge in [0.15, 0.2) is 5.90 Å². The van der Waals surface area contributed by atoms with E-state index in [1.165, 1.54) is 41.9 Å². The average Bonchev–Trinajstić information content (AvgIpc) is 2.93. The van der Waals surface area contributed by atoms with Crippen molar-refractivity contribution < 1.29 is 14.3 Å². The number of thioether (sulfide) groups is 2. The second kappa shape index (κ2) is 14.3. The summed E-state index contributed by atoms with van der Waals surface area (Å²) in [5.74, 6) is 0.586. The third kappa shape index (κ3) is 8.57. The molecule has 7 heteroatoms. The molecule has 0 unspecified atom stereocenters. The van der Waals surface area contributed by atoms with Gasteiger partial charge in [-0.25, -0.2) is 0 Å². The molecule has 1 aliphatic rings. The predicted molar refractivity (Wildman–Crippen MR) is 153 cm³/mol. The minimum Gasteiger partial charge on any atom is -0.477 e. The smallest absolute Gasteiger partial charge is 0.220 e. The Morgan fingerprint density at radius 2 is 1.25 bits per heavy atom. The standard InChI is InChI=1S/C29H29NO3S3/c31-28(22-13-5-1-6-14-22)34-27(35-29(32)23-15-7-2-8-16-23)21-26(33-24-17-9-3-10-18-24)30-36-25-19-11-4-12-20-25/h1-2,4-8,11-16,19-20,24,27H,3,9-10,17-18,21H2/b30-26-. The Morgan fingerprint density at radius 1 is 0.750 bits per heavy atom. The van der Waals surface area contributed by atoms with Gasteiger partial charge in [-0.15, -0.1) is 0 Å². The molecule has 0 bridgehead atoms. The van der Waals surface area contributed by atoms with E-state index >= 15 is 0 Å². The van der Waals surface area contributed by atoms with E-state index in [1.54, 1.807) is 24.3 Å². The van der Waals surface area contributed by atoms with Crippen molar-refractivity contribution in [3.05, 3.63) is 102 Å². The number of nitrogens with zero attached hydrogens (tertiary/aromatic N) is 1. The van der Waals surface area contributed by atoms with Crippen molar-refractivity contribution in [2.45, 2.75) is 54.1 Å². The van der Waals surface area contributed by atoms with E-state index in [4.69, 9.17) is 9.13 Å². The highest BCUT2D eigenvalue weighted by molar-refractivity contribution is 8.30. The molecule has 0 spiro atoms. The van der Waals surface area contributed by atoms with Gasteiger partial charge in [-0.05, 0) is 37.8 Å². The van der Waals surface area contributed by atoms with Gasteiger partial charge in [0, 0.05) is 34.4 Å². The van der Waals surface area contributed by atoms with Crippen LogP contribution in [0, 0.1) is 0 Å². The maximum atomic E-state index is 13.1. The van der Waals surface area contributed by atoms with E-state index in [0.29, 0.717) is 23.4 Å². The first kappa shape index (κ1) is 26.6. The van der Waals surface area contributed by atoms with Crippen molar-refractivity contribution in [3.63, 3.8) is 0 Å². The fraction of sp³-hybridized carbons (Fsp3) is 0.276. The highest BCUT2D eigenvalue weighted by atomic mass is 32.2. The van der Waals surface area contributed by atoms with E-state index in [9.17, 15) is 9.59 Å². The van der Waals surface area contributed by atoms with E-state index in [-0.39, 0.29) is 20.9 Å². The summed E-state index contributed by atoms with van der Waals surface area (Å²) in [5.41, 5.74) is 1.23. The SMILES string of the molecule is O=C(SC(C/C(=N/Sc1ccccc1)OC1CCCCC1)SC(=O)c1ccccc1)c1ccccc1. The summed E-state index contributed by atoms with van der Waals surface area (Å²) < 4.78 is 10.8. The first-order valence-electron chi connectivity index (χ1n) is 12.1. The third-order valence-corrected chi connectivity index (χ3v) is 8.80. The molecule has 0 amide bonds. The number of rotatable bonds is 9. The quantitative estimate of drug-likeness (QED) is 0.119. The summed E-state index contributed by atoms with van der Waals surface area (Å²) >= 11 is 3.70. The van der Waals surface area contributed by atoms with Crippen LogP contribution in [0.25, 0.3) is 0 Å². The molecule has 0 aliphatic heterocycles. The van der Waals surface area contributed by atoms with Gasteiger partial charge in [0.1, 0.15) is 6.10 Å². The Bertz CT molecular complexity index is 1080. The molecule has 0 radical (unpaired) electrons. The minimum absolute atomic E-state index is 0.0679. The molecule has 1 aliphatic carbocycles. The highest BCUT2D eigenvalue weighted by Gasteiger charge is 2.26. The molecular formula is C29H29NO3S3. The van der Waals surface area contributed by atoms with Crippen LogP contribution in [0.2, 0.25) is 0 Å². The predicted octanol–water partition coefficient (Wildman–Crippen LogP) is 8.30. The van der Waals surface area contributed by atoms with Gasteiger partial charge in [0.25, 0.3) is 0 Å². The van der Waals surface area contributed by atoms with Gasteiger partial charge < -0.3 is 4.74 Å². The Balaban J connectivity index is 1.54. The molecule has 1 fully saturated rings. The number of hydrogen-bond donors (Lipinski definition) is 0. The number of ether oxygens (including phenoxy) is 1. The fourth-order valence-corrected chi connectivity index (χ4v) is 6.63. The maximum Gasteiger partial charge on any atom is 0.220 e. The van der Waals surface area contributed by atoms with E-state index in [0.717, 1.165) is 30.6 Å². The Hall–Kier alpha value is -2.48. The number of carbonyl (C=O) groups excluding carboxylic acids is 2. The highest BCUT2D eigenvalue weighted by Crippen LogP contribution is 2.34. The topological polar surface area (TPSA) is 55.7 Å². The van der Waals surface area contributed by atoms with Gasteiger partial charge in [-0.1, -0.05) is 109 Å². The van der Waals surface area contributed by atoms with Crippen LogP contribution < -0.4 is 0 Å². The van der Waals surface area contributed by atoms with Crippen LogP contribution in [0.4, 0.5) is 0 Å². The van der Waals surface area contributed by atoms with Crippen molar-refractivity contribution in [2.75, 3.05) is 0 Å². The summed E-state index contributed by atoms with van der Waals surface area (Å²) in [4.78, 5) is 27.2. The molecule has 4 rings (SSSR count). The minimum atomic E-state index is -0.371. The van der Waals surface area contributed by atoms with Crippen molar-refractivity contribution in [2.24, 2.45) is 4.40 Å². The van der Waals surface area contributed by atoms with Crippen molar-refractivity contribution >= 4 is 51.6 Å². The molecule has 36 heavy (non-hydrogen) atoms. The molecule has 1 saturated carbocycles. The van der Waals surface area contributed by atoms with Crippen molar-refractivity contribution in [1.82, 2.24) is 0 Å². The van der Waals surface area contributed by atoms with Crippen molar-refractivity contribution in [3.8, 4) is 0 Å². The zero-order valence-corrected chi connectivity index (χ0v) is 22.4. The number of carbonyl (C=O) groups is 2.